The number of aromatic nitrogens is 1. The van der Waals surface area contributed by atoms with Crippen molar-refractivity contribution in [3.8, 4) is 17.1 Å². The van der Waals surface area contributed by atoms with E-state index >= 15 is 0 Å². The van der Waals surface area contributed by atoms with Crippen LogP contribution in [-0.2, 0) is 12.8 Å². The molecule has 6 nitrogen and oxygen atoms in total. The quantitative estimate of drug-likeness (QED) is 0.566. The van der Waals surface area contributed by atoms with Crippen LogP contribution in [0.5, 0.6) is 5.75 Å². The number of methoxy groups -OCH3 is 1. The predicted molar refractivity (Wildman–Crippen MR) is 127 cm³/mol. The maximum Gasteiger partial charge on any atom is 0.273 e. The molecule has 1 atom stereocenters. The lowest BCUT2D eigenvalue weighted by molar-refractivity contribution is 0.0929. The summed E-state index contributed by atoms with van der Waals surface area (Å²) in [6, 6.07) is 16.4. The molecule has 2 aromatic carbocycles. The van der Waals surface area contributed by atoms with Crippen LogP contribution in [0.4, 0.5) is 0 Å². The summed E-state index contributed by atoms with van der Waals surface area (Å²) in [5.74, 6) is 1.26. The molecule has 1 saturated heterocycles. The van der Waals surface area contributed by atoms with Gasteiger partial charge < -0.3 is 14.6 Å². The number of aryl methyl sites for hydroxylation is 2. The summed E-state index contributed by atoms with van der Waals surface area (Å²) in [5.41, 5.74) is 5.28. The first-order chi connectivity index (χ1) is 16.2. The molecule has 2 aliphatic rings. The van der Waals surface area contributed by atoms with Gasteiger partial charge in [-0.2, -0.15) is 0 Å². The molecule has 0 spiro atoms. The van der Waals surface area contributed by atoms with E-state index in [-0.39, 0.29) is 11.9 Å². The Balaban J connectivity index is 1.28. The molecule has 1 amide bonds. The summed E-state index contributed by atoms with van der Waals surface area (Å²) < 4.78 is 10.8. The third-order valence-electron chi connectivity index (χ3n) is 6.91. The molecule has 2 heterocycles. The summed E-state index contributed by atoms with van der Waals surface area (Å²) >= 11 is 0. The molecule has 1 aromatic heterocycles. The maximum atomic E-state index is 12.9. The van der Waals surface area contributed by atoms with Gasteiger partial charge in [0.2, 0.25) is 0 Å². The Hall–Kier alpha value is -3.12. The molecule has 1 aliphatic carbocycles. The van der Waals surface area contributed by atoms with Crippen molar-refractivity contribution in [3.05, 3.63) is 70.9 Å². The third kappa shape index (κ3) is 4.81. The number of hydrogen-bond acceptors (Lipinski definition) is 5. The van der Waals surface area contributed by atoms with Crippen LogP contribution >= 0.6 is 0 Å². The van der Waals surface area contributed by atoms with E-state index in [2.05, 4.69) is 45.7 Å². The standard InChI is InChI=1S/C27H31N3O3/c1-32-23-12-10-20(11-13-23)25(30-14-4-5-15-30)18-28-27(31)24-17-26(33-29-24)22-9-8-19-6-2-3-7-21(19)16-22/h8-13,16-17,25H,2-7,14-15,18H2,1H3,(H,28,31)/t25-/m0/s1. The Labute approximate surface area is 194 Å². The number of amides is 1. The van der Waals surface area contributed by atoms with Gasteiger partial charge in [-0.25, -0.2) is 0 Å². The minimum Gasteiger partial charge on any atom is -0.497 e. The van der Waals surface area contributed by atoms with Crippen molar-refractivity contribution in [2.75, 3.05) is 26.7 Å². The summed E-state index contributed by atoms with van der Waals surface area (Å²) in [6.45, 7) is 2.60. The van der Waals surface area contributed by atoms with Crippen molar-refractivity contribution in [1.29, 1.82) is 0 Å². The molecular weight excluding hydrogens is 414 g/mol. The first kappa shape index (κ1) is 21.7. The van der Waals surface area contributed by atoms with Crippen molar-refractivity contribution in [2.45, 2.75) is 44.6 Å². The molecule has 5 rings (SSSR count). The highest BCUT2D eigenvalue weighted by Gasteiger charge is 2.25. The Kier molecular flexibility index (Phi) is 6.44. The van der Waals surface area contributed by atoms with Gasteiger partial charge in [0, 0.05) is 18.2 Å². The summed E-state index contributed by atoms with van der Waals surface area (Å²) in [7, 11) is 1.67. The second-order valence-electron chi connectivity index (χ2n) is 9.01. The van der Waals surface area contributed by atoms with E-state index in [0.717, 1.165) is 37.2 Å². The highest BCUT2D eigenvalue weighted by atomic mass is 16.5. The Morgan fingerprint density at radius 2 is 1.79 bits per heavy atom. The van der Waals surface area contributed by atoms with Gasteiger partial charge in [0.15, 0.2) is 11.5 Å². The minimum atomic E-state index is -0.208. The second-order valence-corrected chi connectivity index (χ2v) is 9.01. The van der Waals surface area contributed by atoms with E-state index < -0.39 is 0 Å². The monoisotopic (exact) mass is 445 g/mol. The molecular formula is C27H31N3O3. The first-order valence-electron chi connectivity index (χ1n) is 12.0. The molecule has 0 radical (unpaired) electrons. The Bertz CT molecular complexity index is 1100. The molecule has 1 aliphatic heterocycles. The van der Waals surface area contributed by atoms with E-state index in [9.17, 15) is 4.79 Å². The van der Waals surface area contributed by atoms with Crippen LogP contribution in [0.1, 0.15) is 58.9 Å². The molecule has 33 heavy (non-hydrogen) atoms. The Morgan fingerprint density at radius 1 is 1.03 bits per heavy atom. The molecule has 0 bridgehead atoms. The van der Waals surface area contributed by atoms with E-state index in [1.807, 2.05) is 12.1 Å². The fraction of sp³-hybridized carbons (Fsp3) is 0.407. The average molecular weight is 446 g/mol. The normalized spacial score (nSPS) is 16.9. The van der Waals surface area contributed by atoms with Crippen LogP contribution in [0, 0.1) is 0 Å². The number of fused-ring (bicyclic) bond motifs is 1. The summed E-state index contributed by atoms with van der Waals surface area (Å²) in [4.78, 5) is 15.3. The van der Waals surface area contributed by atoms with Gasteiger partial charge in [-0.15, -0.1) is 0 Å². The number of benzene rings is 2. The van der Waals surface area contributed by atoms with Crippen LogP contribution in [-0.4, -0.2) is 42.7 Å². The highest BCUT2D eigenvalue weighted by molar-refractivity contribution is 5.93. The van der Waals surface area contributed by atoms with Gasteiger partial charge in [-0.05, 0) is 86.5 Å². The molecule has 0 unspecified atom stereocenters. The number of hydrogen-bond donors (Lipinski definition) is 1. The number of carbonyl (C=O) groups is 1. The van der Waals surface area contributed by atoms with Crippen molar-refractivity contribution in [1.82, 2.24) is 15.4 Å². The largest absolute Gasteiger partial charge is 0.497 e. The van der Waals surface area contributed by atoms with Crippen molar-refractivity contribution in [2.24, 2.45) is 0 Å². The lowest BCUT2D eigenvalue weighted by atomic mass is 9.90. The fourth-order valence-electron chi connectivity index (χ4n) is 5.02. The molecule has 3 aromatic rings. The van der Waals surface area contributed by atoms with Gasteiger partial charge in [-0.3, -0.25) is 9.69 Å². The van der Waals surface area contributed by atoms with E-state index in [1.54, 1.807) is 13.2 Å². The number of likely N-dealkylation sites (tertiary alicyclic amines) is 1. The van der Waals surface area contributed by atoms with Gasteiger partial charge in [0.25, 0.3) is 5.91 Å². The van der Waals surface area contributed by atoms with Gasteiger partial charge in [0.1, 0.15) is 5.75 Å². The first-order valence-corrected chi connectivity index (χ1v) is 12.0. The SMILES string of the molecule is COc1ccc([C@H](CNC(=O)c2cc(-c3ccc4c(c3)CCCC4)on2)N2CCCC2)cc1. The average Bonchev–Trinajstić information content (AvgIpc) is 3.57. The minimum absolute atomic E-state index is 0.120. The number of carbonyl (C=O) groups excluding carboxylic acids is 1. The zero-order chi connectivity index (χ0) is 22.6. The van der Waals surface area contributed by atoms with Crippen molar-refractivity contribution in [3.63, 3.8) is 0 Å². The maximum absolute atomic E-state index is 12.9. The van der Waals surface area contributed by atoms with E-state index in [0.29, 0.717) is 18.0 Å². The Morgan fingerprint density at radius 3 is 2.55 bits per heavy atom. The highest BCUT2D eigenvalue weighted by Crippen LogP contribution is 2.29. The molecule has 6 heteroatoms. The number of ether oxygens (including phenoxy) is 1. The van der Waals surface area contributed by atoms with Crippen LogP contribution < -0.4 is 10.1 Å². The van der Waals surface area contributed by atoms with Crippen molar-refractivity contribution < 1.29 is 14.1 Å². The second kappa shape index (κ2) is 9.79. The fourth-order valence-corrected chi connectivity index (χ4v) is 5.02. The molecule has 1 N–H and O–H groups in total. The third-order valence-corrected chi connectivity index (χ3v) is 6.91. The zero-order valence-corrected chi connectivity index (χ0v) is 19.2. The number of nitrogens with zero attached hydrogens (tertiary/aromatic N) is 2. The molecule has 0 saturated carbocycles. The summed E-state index contributed by atoms with van der Waals surface area (Å²) in [5, 5.41) is 7.14. The topological polar surface area (TPSA) is 67.6 Å². The zero-order valence-electron chi connectivity index (χ0n) is 19.2. The number of rotatable bonds is 7. The van der Waals surface area contributed by atoms with E-state index in [1.165, 1.54) is 42.4 Å². The molecule has 1 fully saturated rings. The van der Waals surface area contributed by atoms with Crippen LogP contribution in [0.2, 0.25) is 0 Å². The van der Waals surface area contributed by atoms with Crippen molar-refractivity contribution >= 4 is 5.91 Å². The van der Waals surface area contributed by atoms with Gasteiger partial charge >= 0.3 is 0 Å². The smallest absolute Gasteiger partial charge is 0.273 e. The summed E-state index contributed by atoms with van der Waals surface area (Å²) in [6.07, 6.45) is 7.11. The van der Waals surface area contributed by atoms with Crippen LogP contribution in [0.15, 0.2) is 53.1 Å². The van der Waals surface area contributed by atoms with Crippen LogP contribution in [0.3, 0.4) is 0 Å². The molecule has 172 valence electrons. The predicted octanol–water partition coefficient (Wildman–Crippen LogP) is 4.80. The lowest BCUT2D eigenvalue weighted by Gasteiger charge is -2.28. The van der Waals surface area contributed by atoms with E-state index in [4.69, 9.17) is 9.26 Å². The van der Waals surface area contributed by atoms with Gasteiger partial charge in [0.05, 0.1) is 13.2 Å². The lowest BCUT2D eigenvalue weighted by Crippen LogP contribution is -2.36. The number of nitrogens with one attached hydrogen (secondary N) is 1. The van der Waals surface area contributed by atoms with Gasteiger partial charge in [-0.1, -0.05) is 29.4 Å². The van der Waals surface area contributed by atoms with Crippen LogP contribution in [0.25, 0.3) is 11.3 Å².